The highest BCUT2D eigenvalue weighted by Gasteiger charge is 2.15. The molecule has 0 saturated heterocycles. The second-order valence-corrected chi connectivity index (χ2v) is 7.23. The third-order valence-electron chi connectivity index (χ3n) is 4.43. The summed E-state index contributed by atoms with van der Waals surface area (Å²) in [7, 11) is 0. The van der Waals surface area contributed by atoms with E-state index in [1.807, 2.05) is 18.2 Å². The molecule has 3 rings (SSSR count). The zero-order chi connectivity index (χ0) is 18.5. The molecule has 0 spiro atoms. The highest BCUT2D eigenvalue weighted by molar-refractivity contribution is 7.09. The number of carbonyl (C=O) groups excluding carboxylic acids is 2. The number of rotatable bonds is 8. The van der Waals surface area contributed by atoms with Crippen molar-refractivity contribution in [1.82, 2.24) is 10.3 Å². The number of carboxylic acid groups (broad SMARTS) is 1. The molecule has 0 radical (unpaired) electrons. The van der Waals surface area contributed by atoms with E-state index in [4.69, 9.17) is 5.11 Å². The van der Waals surface area contributed by atoms with Gasteiger partial charge in [0.15, 0.2) is 11.5 Å². The second kappa shape index (κ2) is 8.23. The van der Waals surface area contributed by atoms with E-state index in [0.29, 0.717) is 23.5 Å². The second-order valence-electron chi connectivity index (χ2n) is 6.29. The number of carbonyl (C=O) groups is 3. The number of benzene rings is 1. The lowest BCUT2D eigenvalue weighted by Gasteiger charge is -2.06. The maximum Gasteiger partial charge on any atom is 0.355 e. The van der Waals surface area contributed by atoms with Crippen molar-refractivity contribution in [2.45, 2.75) is 38.5 Å². The molecular weight excluding hydrogens is 352 g/mol. The average molecular weight is 372 g/mol. The fourth-order valence-corrected chi connectivity index (χ4v) is 3.81. The molecule has 0 saturated carbocycles. The molecule has 1 amide bonds. The Morgan fingerprint density at radius 1 is 1.15 bits per heavy atom. The number of amides is 1. The summed E-state index contributed by atoms with van der Waals surface area (Å²) < 4.78 is 0. The van der Waals surface area contributed by atoms with Gasteiger partial charge in [0.1, 0.15) is 0 Å². The van der Waals surface area contributed by atoms with Crippen LogP contribution in [0.1, 0.15) is 56.2 Å². The first-order valence-electron chi connectivity index (χ1n) is 8.62. The molecule has 6 nitrogen and oxygen atoms in total. The van der Waals surface area contributed by atoms with E-state index in [9.17, 15) is 14.4 Å². The molecule has 2 N–H and O–H groups in total. The summed E-state index contributed by atoms with van der Waals surface area (Å²) in [5.41, 5.74) is 3.29. The van der Waals surface area contributed by atoms with Gasteiger partial charge in [-0.3, -0.25) is 9.59 Å². The highest BCUT2D eigenvalue weighted by atomic mass is 32.1. The monoisotopic (exact) mass is 372 g/mol. The number of nitrogens with zero attached hydrogens (tertiary/aromatic N) is 1. The van der Waals surface area contributed by atoms with Crippen molar-refractivity contribution >= 4 is 29.0 Å². The lowest BCUT2D eigenvalue weighted by atomic mass is 10.0. The molecule has 2 aromatic rings. The fraction of sp³-hybridized carbons (Fsp3) is 0.368. The molecule has 0 aliphatic heterocycles. The van der Waals surface area contributed by atoms with Gasteiger partial charge in [0.05, 0.1) is 5.01 Å². The van der Waals surface area contributed by atoms with Crippen molar-refractivity contribution in [2.24, 2.45) is 0 Å². The van der Waals surface area contributed by atoms with Crippen LogP contribution in [-0.4, -0.2) is 34.3 Å². The minimum atomic E-state index is -1.05. The first-order chi connectivity index (χ1) is 12.5. The lowest BCUT2D eigenvalue weighted by Crippen LogP contribution is -2.26. The predicted molar refractivity (Wildman–Crippen MR) is 97.8 cm³/mol. The van der Waals surface area contributed by atoms with Crippen LogP contribution in [0, 0.1) is 0 Å². The molecule has 1 aromatic heterocycles. The number of hydrogen-bond donors (Lipinski definition) is 2. The smallest absolute Gasteiger partial charge is 0.355 e. The van der Waals surface area contributed by atoms with E-state index in [2.05, 4.69) is 10.3 Å². The zero-order valence-corrected chi connectivity index (χ0v) is 15.1. The number of aromatic carboxylic acids is 1. The quantitative estimate of drug-likeness (QED) is 0.695. The number of aromatic nitrogens is 1. The van der Waals surface area contributed by atoms with Gasteiger partial charge in [-0.15, -0.1) is 11.3 Å². The lowest BCUT2D eigenvalue weighted by molar-refractivity contribution is -0.121. The third kappa shape index (κ3) is 4.54. The van der Waals surface area contributed by atoms with Crippen LogP contribution in [-0.2, 0) is 24.1 Å². The van der Waals surface area contributed by atoms with E-state index < -0.39 is 5.97 Å². The largest absolute Gasteiger partial charge is 0.476 e. The number of ketones is 1. The van der Waals surface area contributed by atoms with E-state index in [0.717, 1.165) is 19.3 Å². The molecule has 1 heterocycles. The van der Waals surface area contributed by atoms with Crippen LogP contribution < -0.4 is 5.32 Å². The number of hydrogen-bond acceptors (Lipinski definition) is 5. The molecule has 0 bridgehead atoms. The molecule has 1 aliphatic rings. The summed E-state index contributed by atoms with van der Waals surface area (Å²) in [6.07, 6.45) is 4.06. The van der Waals surface area contributed by atoms with Gasteiger partial charge in [-0.05, 0) is 36.5 Å². The van der Waals surface area contributed by atoms with Crippen molar-refractivity contribution in [3.8, 4) is 0 Å². The molecule has 0 fully saturated rings. The number of carboxylic acids is 1. The maximum atomic E-state index is 12.3. The number of aryl methyl sites for hydroxylation is 2. The van der Waals surface area contributed by atoms with Crippen molar-refractivity contribution in [3.05, 3.63) is 51.0 Å². The van der Waals surface area contributed by atoms with Gasteiger partial charge in [-0.1, -0.05) is 12.1 Å². The molecular formula is C19H20N2O4S. The van der Waals surface area contributed by atoms with Crippen molar-refractivity contribution < 1.29 is 19.5 Å². The summed E-state index contributed by atoms with van der Waals surface area (Å²) in [6.45, 7) is 0.373. The maximum absolute atomic E-state index is 12.3. The Morgan fingerprint density at radius 2 is 1.96 bits per heavy atom. The van der Waals surface area contributed by atoms with Gasteiger partial charge in [-0.25, -0.2) is 9.78 Å². The van der Waals surface area contributed by atoms with E-state index in [-0.39, 0.29) is 30.2 Å². The van der Waals surface area contributed by atoms with Gasteiger partial charge in [0, 0.05) is 36.8 Å². The average Bonchev–Trinajstić information content (AvgIpc) is 3.28. The van der Waals surface area contributed by atoms with E-state index >= 15 is 0 Å². The van der Waals surface area contributed by atoms with Gasteiger partial charge < -0.3 is 10.4 Å². The Hall–Kier alpha value is -2.54. The number of thiazole rings is 1. The topological polar surface area (TPSA) is 96.4 Å². The van der Waals surface area contributed by atoms with E-state index in [1.54, 1.807) is 0 Å². The Balaban J connectivity index is 1.40. The Labute approximate surface area is 155 Å². The van der Waals surface area contributed by atoms with Crippen LogP contribution >= 0.6 is 11.3 Å². The SMILES string of the molecule is O=C(CCC(=O)c1ccc2c(c1)CCC2)NCCc1nc(C(=O)O)cs1. The Morgan fingerprint density at radius 3 is 2.73 bits per heavy atom. The Bertz CT molecular complexity index is 844. The van der Waals surface area contributed by atoms with Crippen LogP contribution in [0.2, 0.25) is 0 Å². The first-order valence-corrected chi connectivity index (χ1v) is 9.50. The molecule has 0 unspecified atom stereocenters. The molecule has 26 heavy (non-hydrogen) atoms. The predicted octanol–water partition coefficient (Wildman–Crippen LogP) is 2.65. The third-order valence-corrected chi connectivity index (χ3v) is 5.34. The number of nitrogens with one attached hydrogen (secondary N) is 1. The summed E-state index contributed by atoms with van der Waals surface area (Å²) >= 11 is 1.26. The van der Waals surface area contributed by atoms with Gasteiger partial charge >= 0.3 is 5.97 Å². The van der Waals surface area contributed by atoms with Crippen LogP contribution in [0.3, 0.4) is 0 Å². The minimum Gasteiger partial charge on any atom is -0.476 e. The van der Waals surface area contributed by atoms with Crippen LogP contribution in [0.15, 0.2) is 23.6 Å². The molecule has 0 atom stereocenters. The number of Topliss-reactive ketones (excluding diaryl/α,β-unsaturated/α-hetero) is 1. The van der Waals surface area contributed by atoms with Crippen LogP contribution in [0.5, 0.6) is 0 Å². The van der Waals surface area contributed by atoms with Gasteiger partial charge in [0.25, 0.3) is 0 Å². The van der Waals surface area contributed by atoms with Gasteiger partial charge in [0.2, 0.25) is 5.91 Å². The standard InChI is InChI=1S/C19H20N2O4S/c22-16(14-5-4-12-2-1-3-13(12)10-14)6-7-17(23)20-9-8-18-21-15(11-26-18)19(24)25/h4-5,10-11H,1-3,6-9H2,(H,20,23)(H,24,25). The fourth-order valence-electron chi connectivity index (χ4n) is 3.04. The van der Waals surface area contributed by atoms with Crippen molar-refractivity contribution in [3.63, 3.8) is 0 Å². The first kappa shape index (κ1) is 18.3. The summed E-state index contributed by atoms with van der Waals surface area (Å²) in [5, 5.41) is 13.7. The Kier molecular flexibility index (Phi) is 5.78. The van der Waals surface area contributed by atoms with Crippen molar-refractivity contribution in [1.29, 1.82) is 0 Å². The normalized spacial score (nSPS) is 12.6. The minimum absolute atomic E-state index is 0.0131. The summed E-state index contributed by atoms with van der Waals surface area (Å²) in [5.74, 6) is -1.25. The van der Waals surface area contributed by atoms with Crippen LogP contribution in [0.25, 0.3) is 0 Å². The number of fused-ring (bicyclic) bond motifs is 1. The van der Waals surface area contributed by atoms with Gasteiger partial charge in [-0.2, -0.15) is 0 Å². The van der Waals surface area contributed by atoms with Crippen molar-refractivity contribution in [2.75, 3.05) is 6.54 Å². The van der Waals surface area contributed by atoms with E-state index in [1.165, 1.54) is 27.8 Å². The molecule has 1 aliphatic carbocycles. The van der Waals surface area contributed by atoms with Crippen LogP contribution in [0.4, 0.5) is 0 Å². The highest BCUT2D eigenvalue weighted by Crippen LogP contribution is 2.23. The summed E-state index contributed by atoms with van der Waals surface area (Å²) in [6, 6.07) is 5.84. The zero-order valence-electron chi connectivity index (χ0n) is 14.3. The molecule has 136 valence electrons. The molecule has 1 aromatic carbocycles. The molecule has 7 heteroatoms. The summed E-state index contributed by atoms with van der Waals surface area (Å²) in [4.78, 5) is 38.9.